The Balaban J connectivity index is 1.79. The van der Waals surface area contributed by atoms with Crippen molar-refractivity contribution >= 4 is 0 Å². The van der Waals surface area contributed by atoms with Crippen LogP contribution in [0.25, 0.3) is 0 Å². The van der Waals surface area contributed by atoms with Gasteiger partial charge in [-0.2, -0.15) is 5.26 Å². The van der Waals surface area contributed by atoms with Crippen LogP contribution in [0.2, 0.25) is 0 Å². The van der Waals surface area contributed by atoms with Crippen LogP contribution in [0.1, 0.15) is 51.4 Å². The molecule has 1 aliphatic carbocycles. The summed E-state index contributed by atoms with van der Waals surface area (Å²) in [6.45, 7) is 1.22. The molecule has 0 bridgehead atoms. The molecule has 24 heavy (non-hydrogen) atoms. The maximum Gasteiger partial charge on any atom is 0.175 e. The molecule has 3 N–H and O–H groups in total. The van der Waals surface area contributed by atoms with Crippen LogP contribution in [0, 0.1) is 16.7 Å². The number of nitrogens with two attached hydrogens (primary N) is 1. The molecule has 2 unspecified atom stereocenters. The first-order chi connectivity index (χ1) is 11.7. The maximum atomic E-state index is 9.40. The molecule has 3 aliphatic heterocycles. The van der Waals surface area contributed by atoms with E-state index in [1.165, 1.54) is 24.1 Å². The number of hydrogen-bond acceptors (Lipinski definition) is 5. The van der Waals surface area contributed by atoms with Crippen molar-refractivity contribution in [3.63, 3.8) is 0 Å². The van der Waals surface area contributed by atoms with Gasteiger partial charge in [0.2, 0.25) is 0 Å². The minimum absolute atomic E-state index is 0.00624. The molecule has 0 aromatic carbocycles. The summed E-state index contributed by atoms with van der Waals surface area (Å²) in [7, 11) is 0. The van der Waals surface area contributed by atoms with E-state index in [0.29, 0.717) is 19.5 Å². The average molecular weight is 326 g/mol. The van der Waals surface area contributed by atoms with Crippen LogP contribution in [0.4, 0.5) is 0 Å². The monoisotopic (exact) mass is 326 g/mol. The second kappa shape index (κ2) is 5.94. The lowest BCUT2D eigenvalue weighted by atomic mass is 9.65. The van der Waals surface area contributed by atoms with E-state index in [1.54, 1.807) is 0 Å². The van der Waals surface area contributed by atoms with Gasteiger partial charge in [-0.3, -0.25) is 5.32 Å². The van der Waals surface area contributed by atoms with Crippen molar-refractivity contribution in [3.8, 4) is 6.07 Å². The van der Waals surface area contributed by atoms with Crippen LogP contribution in [0.15, 0.2) is 35.5 Å². The van der Waals surface area contributed by atoms with Crippen LogP contribution >= 0.6 is 0 Å². The summed E-state index contributed by atoms with van der Waals surface area (Å²) in [5.41, 5.74) is 7.87. The fraction of sp³-hybridized carbons (Fsp3) is 0.632. The molecule has 5 heteroatoms. The minimum atomic E-state index is -0.593. The highest BCUT2D eigenvalue weighted by Crippen LogP contribution is 2.61. The first kappa shape index (κ1) is 15.7. The lowest BCUT2D eigenvalue weighted by Crippen LogP contribution is -2.47. The predicted molar refractivity (Wildman–Crippen MR) is 91.9 cm³/mol. The van der Waals surface area contributed by atoms with E-state index in [4.69, 9.17) is 10.5 Å². The summed E-state index contributed by atoms with van der Waals surface area (Å²) in [4.78, 5) is 2.25. The van der Waals surface area contributed by atoms with Gasteiger partial charge < -0.3 is 15.4 Å². The molecule has 1 spiro atoms. The van der Waals surface area contributed by atoms with Gasteiger partial charge in [-0.05, 0) is 37.7 Å². The fourth-order valence-corrected chi connectivity index (χ4v) is 4.86. The number of rotatable bonds is 4. The first-order valence-corrected chi connectivity index (χ1v) is 9.14. The van der Waals surface area contributed by atoms with E-state index >= 15 is 0 Å². The number of nitrogens with zero attached hydrogens (tertiary/aromatic N) is 2. The Hall–Kier alpha value is -1.77. The highest BCUT2D eigenvalue weighted by Gasteiger charge is 2.58. The highest BCUT2D eigenvalue weighted by atomic mass is 16.5. The Bertz CT molecular complexity index is 659. The zero-order valence-corrected chi connectivity index (χ0v) is 14.2. The molecule has 2 fully saturated rings. The van der Waals surface area contributed by atoms with Gasteiger partial charge in [-0.15, -0.1) is 0 Å². The summed E-state index contributed by atoms with van der Waals surface area (Å²) >= 11 is 0. The maximum absolute atomic E-state index is 9.40. The van der Waals surface area contributed by atoms with Crippen LogP contribution in [0.5, 0.6) is 0 Å². The third kappa shape index (κ3) is 2.28. The first-order valence-electron chi connectivity index (χ1n) is 9.14. The molecular formula is C19H26N4O. The van der Waals surface area contributed by atoms with Gasteiger partial charge in [-0.25, -0.2) is 0 Å². The van der Waals surface area contributed by atoms with E-state index < -0.39 is 5.72 Å². The van der Waals surface area contributed by atoms with Crippen molar-refractivity contribution in [2.24, 2.45) is 11.1 Å². The van der Waals surface area contributed by atoms with Crippen molar-refractivity contribution in [2.45, 2.75) is 57.1 Å². The van der Waals surface area contributed by atoms with E-state index in [2.05, 4.69) is 34.8 Å². The Kier molecular flexibility index (Phi) is 3.90. The molecule has 1 saturated heterocycles. The SMILES string of the molecule is N#CCC1(NCCN)CC23CCCCC2=CN2C=CCCC2=C3O1. The largest absolute Gasteiger partial charge is 0.473 e. The van der Waals surface area contributed by atoms with Crippen molar-refractivity contribution in [1.82, 2.24) is 10.2 Å². The molecule has 0 radical (unpaired) electrons. The molecule has 2 atom stereocenters. The van der Waals surface area contributed by atoms with E-state index in [0.717, 1.165) is 37.9 Å². The highest BCUT2D eigenvalue weighted by molar-refractivity contribution is 5.41. The third-order valence-electron chi connectivity index (χ3n) is 5.87. The van der Waals surface area contributed by atoms with Crippen LogP contribution in [-0.2, 0) is 4.74 Å². The molecule has 1 saturated carbocycles. The number of fused-ring (bicyclic) bond motifs is 1. The average Bonchev–Trinajstić information content (AvgIpc) is 2.93. The topological polar surface area (TPSA) is 74.3 Å². The Labute approximate surface area is 143 Å². The van der Waals surface area contributed by atoms with Gasteiger partial charge in [0.05, 0.1) is 23.6 Å². The zero-order valence-electron chi connectivity index (χ0n) is 14.2. The number of hydrogen-bond donors (Lipinski definition) is 2. The molecule has 4 rings (SSSR count). The smallest absolute Gasteiger partial charge is 0.175 e. The lowest BCUT2D eigenvalue weighted by Gasteiger charge is -2.42. The molecule has 4 aliphatic rings. The van der Waals surface area contributed by atoms with Crippen LogP contribution in [-0.4, -0.2) is 23.7 Å². The van der Waals surface area contributed by atoms with Gasteiger partial charge in [0, 0.05) is 31.9 Å². The molecule has 5 nitrogen and oxygen atoms in total. The second-order valence-corrected chi connectivity index (χ2v) is 7.37. The number of nitriles is 1. The third-order valence-corrected chi connectivity index (χ3v) is 5.87. The summed E-state index contributed by atoms with van der Waals surface area (Å²) in [6, 6.07) is 2.34. The summed E-state index contributed by atoms with van der Waals surface area (Å²) in [5, 5.41) is 12.9. The van der Waals surface area contributed by atoms with E-state index in [1.807, 2.05) is 0 Å². The molecule has 0 amide bonds. The molecule has 128 valence electrons. The van der Waals surface area contributed by atoms with Gasteiger partial charge >= 0.3 is 0 Å². The summed E-state index contributed by atoms with van der Waals surface area (Å²) < 4.78 is 6.60. The summed E-state index contributed by atoms with van der Waals surface area (Å²) in [6.07, 6.45) is 14.7. The number of ether oxygens (including phenoxy) is 1. The van der Waals surface area contributed by atoms with Gasteiger partial charge in [0.25, 0.3) is 0 Å². The summed E-state index contributed by atoms with van der Waals surface area (Å²) in [5.74, 6) is 1.13. The van der Waals surface area contributed by atoms with Crippen molar-refractivity contribution in [2.75, 3.05) is 13.1 Å². The quantitative estimate of drug-likeness (QED) is 0.831. The van der Waals surface area contributed by atoms with Gasteiger partial charge in [-0.1, -0.05) is 12.5 Å². The minimum Gasteiger partial charge on any atom is -0.473 e. The van der Waals surface area contributed by atoms with Crippen molar-refractivity contribution in [3.05, 3.63) is 35.5 Å². The molecule has 0 aromatic heterocycles. The normalized spacial score (nSPS) is 34.0. The lowest BCUT2D eigenvalue weighted by molar-refractivity contribution is 0.00910. The van der Waals surface area contributed by atoms with E-state index in [9.17, 15) is 5.26 Å². The number of nitrogens with one attached hydrogen (secondary N) is 1. The second-order valence-electron chi connectivity index (χ2n) is 7.37. The van der Waals surface area contributed by atoms with Gasteiger partial charge in [0.1, 0.15) is 5.76 Å². The molecular weight excluding hydrogens is 300 g/mol. The fourth-order valence-electron chi connectivity index (χ4n) is 4.86. The Morgan fingerprint density at radius 1 is 1.38 bits per heavy atom. The Morgan fingerprint density at radius 3 is 3.12 bits per heavy atom. The molecule has 3 heterocycles. The van der Waals surface area contributed by atoms with E-state index in [-0.39, 0.29) is 5.41 Å². The predicted octanol–water partition coefficient (Wildman–Crippen LogP) is 2.84. The number of allylic oxidation sites excluding steroid dienone is 3. The van der Waals surface area contributed by atoms with Crippen LogP contribution in [0.3, 0.4) is 0 Å². The van der Waals surface area contributed by atoms with Crippen LogP contribution < -0.4 is 11.1 Å². The van der Waals surface area contributed by atoms with Gasteiger partial charge in [0.15, 0.2) is 5.72 Å². The van der Waals surface area contributed by atoms with Crippen molar-refractivity contribution < 1.29 is 4.74 Å². The Morgan fingerprint density at radius 2 is 2.29 bits per heavy atom. The van der Waals surface area contributed by atoms with Crippen molar-refractivity contribution in [1.29, 1.82) is 5.26 Å². The standard InChI is InChI=1S/C19H26N4O/c20-9-8-19(22-11-10-21)14-18-7-3-1-5-15(18)13-23-12-4-2-6-16(23)17(18)24-19/h4,12-13,22H,1-3,5-8,10-11,14,21H2. The zero-order chi connectivity index (χ0) is 16.6. The molecule has 0 aromatic rings.